The summed E-state index contributed by atoms with van der Waals surface area (Å²) in [6.07, 6.45) is 6.75. The summed E-state index contributed by atoms with van der Waals surface area (Å²) in [5.74, 6) is 4.21. The summed E-state index contributed by atoms with van der Waals surface area (Å²) >= 11 is 1.78. The van der Waals surface area contributed by atoms with Crippen LogP contribution in [-0.2, 0) is 9.59 Å². The number of hydrogen-bond acceptors (Lipinski definition) is 4. The molecule has 1 unspecified atom stereocenters. The Morgan fingerprint density at radius 1 is 1.00 bits per heavy atom. The van der Waals surface area contributed by atoms with E-state index < -0.39 is 0 Å². The summed E-state index contributed by atoms with van der Waals surface area (Å²) in [6, 6.07) is 8.16. The lowest BCUT2D eigenvalue weighted by Gasteiger charge is -2.54. The highest BCUT2D eigenvalue weighted by Gasteiger charge is 2.49. The predicted molar refractivity (Wildman–Crippen MR) is 112 cm³/mol. The monoisotopic (exact) mass is 399 g/mol. The number of benzene rings is 1. The van der Waals surface area contributed by atoms with E-state index in [0.717, 1.165) is 28.8 Å². The molecular weight excluding hydrogens is 370 g/mol. The number of anilines is 1. The Bertz CT molecular complexity index is 738. The van der Waals surface area contributed by atoms with Gasteiger partial charge in [-0.2, -0.15) is 0 Å². The predicted octanol–water partition coefficient (Wildman–Crippen LogP) is 3.29. The zero-order valence-corrected chi connectivity index (χ0v) is 17.1. The molecule has 5 fully saturated rings. The van der Waals surface area contributed by atoms with E-state index in [4.69, 9.17) is 0 Å². The van der Waals surface area contributed by atoms with E-state index in [-0.39, 0.29) is 23.2 Å². The maximum atomic E-state index is 13.0. The maximum absolute atomic E-state index is 13.0. The van der Waals surface area contributed by atoms with E-state index in [1.807, 2.05) is 24.3 Å². The fourth-order valence-electron chi connectivity index (χ4n) is 6.19. The van der Waals surface area contributed by atoms with Crippen LogP contribution in [-0.4, -0.2) is 29.7 Å². The molecule has 0 radical (unpaired) electrons. The molecule has 0 spiro atoms. The first-order valence-corrected chi connectivity index (χ1v) is 11.7. The third-order valence-electron chi connectivity index (χ3n) is 7.17. The summed E-state index contributed by atoms with van der Waals surface area (Å²) < 4.78 is 0. The first kappa shape index (κ1) is 18.5. The second kappa shape index (κ2) is 7.38. The lowest BCUT2D eigenvalue weighted by Crippen LogP contribution is -2.58. The average Bonchev–Trinajstić information content (AvgIpc) is 3.14. The van der Waals surface area contributed by atoms with Crippen LogP contribution >= 0.6 is 11.8 Å². The number of rotatable bonds is 4. The number of nitrogens with one attached hydrogen (secondary N) is 3. The van der Waals surface area contributed by atoms with Gasteiger partial charge in [-0.3, -0.25) is 14.9 Å². The van der Waals surface area contributed by atoms with Crippen LogP contribution in [0.3, 0.4) is 0 Å². The third-order valence-corrected chi connectivity index (χ3v) is 8.44. The van der Waals surface area contributed by atoms with Crippen molar-refractivity contribution in [1.82, 2.24) is 10.6 Å². The maximum Gasteiger partial charge on any atom is 0.238 e. The van der Waals surface area contributed by atoms with Crippen LogP contribution < -0.4 is 16.0 Å². The molecule has 4 saturated carbocycles. The highest BCUT2D eigenvalue weighted by molar-refractivity contribution is 7.99. The van der Waals surface area contributed by atoms with Crippen molar-refractivity contribution in [3.8, 4) is 0 Å². The molecule has 4 aliphatic carbocycles. The van der Waals surface area contributed by atoms with Gasteiger partial charge in [0.2, 0.25) is 11.8 Å². The molecule has 28 heavy (non-hydrogen) atoms. The normalized spacial score (nSPS) is 38.4. The molecule has 1 aromatic carbocycles. The Morgan fingerprint density at radius 3 is 2.25 bits per heavy atom. The first-order valence-electron chi connectivity index (χ1n) is 10.6. The summed E-state index contributed by atoms with van der Waals surface area (Å²) in [6.45, 7) is 1.51. The molecule has 6 rings (SSSR count). The highest BCUT2D eigenvalue weighted by Crippen LogP contribution is 2.53. The molecular formula is C22H29N3O2S. The second-order valence-corrected chi connectivity index (χ2v) is 10.3. The van der Waals surface area contributed by atoms with Crippen molar-refractivity contribution >= 4 is 29.3 Å². The van der Waals surface area contributed by atoms with Crippen molar-refractivity contribution in [3.63, 3.8) is 0 Å². The van der Waals surface area contributed by atoms with Gasteiger partial charge < -0.3 is 10.6 Å². The van der Waals surface area contributed by atoms with Crippen LogP contribution in [0.2, 0.25) is 0 Å². The molecule has 4 bridgehead atoms. The van der Waals surface area contributed by atoms with Crippen molar-refractivity contribution in [1.29, 1.82) is 0 Å². The number of thioether (sulfide) groups is 1. The lowest BCUT2D eigenvalue weighted by molar-refractivity contribution is -0.126. The molecule has 1 saturated heterocycles. The Labute approximate surface area is 170 Å². The second-order valence-electron chi connectivity index (χ2n) is 9.20. The van der Waals surface area contributed by atoms with Gasteiger partial charge in [0.15, 0.2) is 0 Å². The number of amides is 2. The van der Waals surface area contributed by atoms with Gasteiger partial charge in [0.05, 0.1) is 11.4 Å². The summed E-state index contributed by atoms with van der Waals surface area (Å²) in [7, 11) is 0. The third kappa shape index (κ3) is 3.57. The smallest absolute Gasteiger partial charge is 0.238 e. The standard InChI is InChI=1S/C22H29N3O2S/c1-12(26)23-18-4-2-15(3-5-18)22-24-19(11-28-22)21(27)25-20-16-7-13-6-14(9-16)10-17(20)8-13/h2-5,13-14,16-17,19-20,22,24H,6-11H2,1H3,(H,23,26)(H,25,27)/t13?,14?,16?,17?,19-,20?,22?/m0/s1. The summed E-state index contributed by atoms with van der Waals surface area (Å²) in [4.78, 5) is 24.1. The molecule has 6 heteroatoms. The fraction of sp³-hybridized carbons (Fsp3) is 0.636. The Hall–Kier alpha value is -1.53. The minimum Gasteiger partial charge on any atom is -0.351 e. The van der Waals surface area contributed by atoms with Crippen molar-refractivity contribution < 1.29 is 9.59 Å². The van der Waals surface area contributed by atoms with E-state index in [2.05, 4.69) is 16.0 Å². The first-order chi connectivity index (χ1) is 13.5. The average molecular weight is 400 g/mol. The fourth-order valence-corrected chi connectivity index (χ4v) is 7.43. The van der Waals surface area contributed by atoms with E-state index >= 15 is 0 Å². The van der Waals surface area contributed by atoms with Gasteiger partial charge >= 0.3 is 0 Å². The molecule has 2 atom stereocenters. The Kier molecular flexibility index (Phi) is 4.87. The molecule has 5 nitrogen and oxygen atoms in total. The van der Waals surface area contributed by atoms with Crippen LogP contribution in [0.4, 0.5) is 5.69 Å². The summed E-state index contributed by atoms with van der Waals surface area (Å²) in [5.41, 5.74) is 1.94. The molecule has 5 aliphatic rings. The quantitative estimate of drug-likeness (QED) is 0.727. The number of hydrogen-bond donors (Lipinski definition) is 3. The minimum atomic E-state index is -0.123. The Balaban J connectivity index is 1.18. The van der Waals surface area contributed by atoms with Gasteiger partial charge in [-0.05, 0) is 73.5 Å². The molecule has 150 valence electrons. The van der Waals surface area contributed by atoms with Gasteiger partial charge in [0.1, 0.15) is 0 Å². The van der Waals surface area contributed by atoms with Crippen LogP contribution in [0.1, 0.15) is 50.0 Å². The van der Waals surface area contributed by atoms with Gasteiger partial charge in [0, 0.05) is 24.4 Å². The van der Waals surface area contributed by atoms with Gasteiger partial charge in [-0.1, -0.05) is 12.1 Å². The SMILES string of the molecule is CC(=O)Nc1ccc(C2N[C@H](C(=O)NC3C4CC5CC(C4)CC3C5)CS2)cc1. The van der Waals surface area contributed by atoms with Crippen molar-refractivity contribution in [2.75, 3.05) is 11.1 Å². The zero-order valence-electron chi connectivity index (χ0n) is 16.3. The minimum absolute atomic E-state index is 0.0670. The van der Waals surface area contributed by atoms with Crippen molar-refractivity contribution in [2.24, 2.45) is 23.7 Å². The summed E-state index contributed by atoms with van der Waals surface area (Å²) in [5, 5.41) is 9.86. The number of carbonyl (C=O) groups is 2. The lowest BCUT2D eigenvalue weighted by atomic mass is 9.54. The van der Waals surface area contributed by atoms with Crippen molar-refractivity contribution in [2.45, 2.75) is 56.5 Å². The van der Waals surface area contributed by atoms with Gasteiger partial charge in [-0.25, -0.2) is 0 Å². The topological polar surface area (TPSA) is 70.2 Å². The highest BCUT2D eigenvalue weighted by atomic mass is 32.2. The molecule has 1 aromatic rings. The largest absolute Gasteiger partial charge is 0.351 e. The number of carbonyl (C=O) groups excluding carboxylic acids is 2. The Morgan fingerprint density at radius 2 is 1.64 bits per heavy atom. The van der Waals surface area contributed by atoms with Crippen LogP contribution in [0.25, 0.3) is 0 Å². The molecule has 0 aromatic heterocycles. The van der Waals surface area contributed by atoms with Crippen LogP contribution in [0.5, 0.6) is 0 Å². The molecule has 2 amide bonds. The van der Waals surface area contributed by atoms with Crippen molar-refractivity contribution in [3.05, 3.63) is 29.8 Å². The van der Waals surface area contributed by atoms with Gasteiger partial charge in [0.25, 0.3) is 0 Å². The van der Waals surface area contributed by atoms with Gasteiger partial charge in [-0.15, -0.1) is 11.8 Å². The molecule has 1 aliphatic heterocycles. The zero-order chi connectivity index (χ0) is 19.3. The van der Waals surface area contributed by atoms with Crippen LogP contribution in [0.15, 0.2) is 24.3 Å². The van der Waals surface area contributed by atoms with E-state index in [0.29, 0.717) is 17.9 Å². The van der Waals surface area contributed by atoms with E-state index in [1.165, 1.54) is 39.0 Å². The molecule has 1 heterocycles. The molecule has 3 N–H and O–H groups in total. The van der Waals surface area contributed by atoms with E-state index in [9.17, 15) is 9.59 Å². The van der Waals surface area contributed by atoms with Crippen LogP contribution in [0, 0.1) is 23.7 Å². The van der Waals surface area contributed by atoms with E-state index in [1.54, 1.807) is 11.8 Å².